The number of amides is 2. The fraction of sp³-hybridized carbons (Fsp3) is 0.474. The van der Waals surface area contributed by atoms with Gasteiger partial charge in [-0.2, -0.15) is 0 Å². The summed E-state index contributed by atoms with van der Waals surface area (Å²) in [6.45, 7) is 0. The molecule has 0 spiro atoms. The lowest BCUT2D eigenvalue weighted by molar-refractivity contribution is -0.629. The minimum absolute atomic E-state index is 0.0512. The van der Waals surface area contributed by atoms with Gasteiger partial charge in [-0.3, -0.25) is 14.4 Å². The second kappa shape index (κ2) is 4.77. The number of halogens is 4. The van der Waals surface area contributed by atoms with E-state index in [1.807, 2.05) is 0 Å². The van der Waals surface area contributed by atoms with Gasteiger partial charge in [-0.25, -0.2) is 4.79 Å². The molecule has 154 valence electrons. The van der Waals surface area contributed by atoms with Crippen LogP contribution in [0.3, 0.4) is 0 Å². The maximum atomic E-state index is 13.1. The zero-order valence-electron chi connectivity index (χ0n) is 14.9. The Balaban J connectivity index is 1.18. The van der Waals surface area contributed by atoms with Crippen molar-refractivity contribution in [3.8, 4) is 0 Å². The quantitative estimate of drug-likeness (QED) is 0.281. The maximum absolute atomic E-state index is 13.1. The molecule has 0 N–H and O–H groups in total. The molecule has 6 aliphatic carbocycles. The Hall–Kier alpha value is -1.54. The van der Waals surface area contributed by atoms with Crippen molar-refractivity contribution in [2.45, 2.75) is 0 Å². The van der Waals surface area contributed by atoms with Crippen molar-refractivity contribution in [3.05, 3.63) is 31.2 Å². The summed E-state index contributed by atoms with van der Waals surface area (Å²) in [6.07, 6.45) is 0. The third-order valence-corrected chi connectivity index (χ3v) is 10.6. The van der Waals surface area contributed by atoms with E-state index < -0.39 is 28.6 Å². The van der Waals surface area contributed by atoms with E-state index in [-0.39, 0.29) is 72.7 Å². The van der Waals surface area contributed by atoms with Crippen LogP contribution >= 0.6 is 46.4 Å². The Bertz CT molecular complexity index is 1110. The second-order valence-electron chi connectivity index (χ2n) is 8.80. The van der Waals surface area contributed by atoms with Gasteiger partial charge >= 0.3 is 11.9 Å². The third kappa shape index (κ3) is 1.26. The number of ether oxygens (including phenoxy) is 1. The molecule has 0 radical (unpaired) electrons. The highest BCUT2D eigenvalue weighted by molar-refractivity contribution is 6.55. The summed E-state index contributed by atoms with van der Waals surface area (Å²) in [5.41, 5.74) is -1.59. The van der Waals surface area contributed by atoms with Crippen molar-refractivity contribution in [1.29, 1.82) is 0 Å². The van der Waals surface area contributed by atoms with Gasteiger partial charge in [0.2, 0.25) is 0 Å². The average Bonchev–Trinajstić information content (AvgIpc) is 3.00. The summed E-state index contributed by atoms with van der Waals surface area (Å²) in [7, 11) is 1.38. The average molecular weight is 489 g/mol. The molecule has 8 rings (SSSR count). The van der Waals surface area contributed by atoms with Crippen LogP contribution in [0.4, 0.5) is 0 Å². The van der Waals surface area contributed by atoms with Crippen molar-refractivity contribution in [2.75, 3.05) is 7.11 Å². The van der Waals surface area contributed by atoms with Crippen molar-refractivity contribution in [1.82, 2.24) is 5.06 Å². The minimum Gasteiger partial charge on any atom is -0.469 e. The SMILES string of the molecule is COC(=O)C12C3C4C1C1C2C3C41C(=O)ON1C(=O)c2c(Cl)c(Cl)c(Cl)c(Cl)c2C1=O. The molecule has 0 atom stereocenters. The van der Waals surface area contributed by atoms with Crippen LogP contribution in [-0.4, -0.2) is 35.9 Å². The highest BCUT2D eigenvalue weighted by Gasteiger charge is 3.14. The van der Waals surface area contributed by atoms with Crippen LogP contribution in [-0.2, 0) is 19.2 Å². The van der Waals surface area contributed by atoms with Crippen molar-refractivity contribution in [3.63, 3.8) is 0 Å². The van der Waals surface area contributed by atoms with Gasteiger partial charge in [-0.15, -0.1) is 0 Å². The van der Waals surface area contributed by atoms with E-state index in [4.69, 9.17) is 56.0 Å². The summed E-state index contributed by atoms with van der Waals surface area (Å²) >= 11 is 24.2. The molecular formula is C19H9Cl4NO6. The van der Waals surface area contributed by atoms with E-state index in [1.165, 1.54) is 7.11 Å². The fourth-order valence-corrected chi connectivity index (χ4v) is 9.11. The van der Waals surface area contributed by atoms with E-state index in [0.29, 0.717) is 5.06 Å². The number of benzene rings is 1. The minimum atomic E-state index is -0.920. The standard InChI is InChI=1S/C19H9Cl4NO6/c1-29-16(27)18-4-7-5(18)9-6(18)8(4)19(7,9)17(28)30-24-14(25)2-3(15(24)26)11(21)13(23)12(22)10(2)20/h4-9H,1H3. The molecule has 0 aromatic heterocycles. The summed E-state index contributed by atoms with van der Waals surface area (Å²) in [6, 6.07) is 0. The van der Waals surface area contributed by atoms with Gasteiger partial charge < -0.3 is 9.57 Å². The topological polar surface area (TPSA) is 90.0 Å². The Labute approximate surface area is 188 Å². The number of rotatable bonds is 3. The Morgan fingerprint density at radius 3 is 1.47 bits per heavy atom. The predicted molar refractivity (Wildman–Crippen MR) is 101 cm³/mol. The van der Waals surface area contributed by atoms with Crippen LogP contribution in [0.5, 0.6) is 0 Å². The number of imide groups is 1. The molecule has 6 fully saturated rings. The van der Waals surface area contributed by atoms with Gasteiger partial charge in [0.25, 0.3) is 11.8 Å². The third-order valence-electron chi connectivity index (χ3n) is 8.76. The molecule has 1 aliphatic heterocycles. The molecule has 1 aromatic rings. The Morgan fingerprint density at radius 2 is 1.10 bits per heavy atom. The lowest BCUT2D eigenvalue weighted by Gasteiger charge is -3.08. The van der Waals surface area contributed by atoms with Crippen LogP contribution in [0.1, 0.15) is 20.7 Å². The highest BCUT2D eigenvalue weighted by Crippen LogP contribution is 3.10. The molecule has 0 unspecified atom stereocenters. The van der Waals surface area contributed by atoms with Crippen LogP contribution in [0, 0.1) is 46.3 Å². The largest absolute Gasteiger partial charge is 0.469 e. The monoisotopic (exact) mass is 487 g/mol. The number of hydrogen-bond acceptors (Lipinski definition) is 6. The summed E-state index contributed by atoms with van der Waals surface area (Å²) in [4.78, 5) is 56.1. The number of hydroxylamine groups is 2. The van der Waals surface area contributed by atoms with Gasteiger partial charge in [0.05, 0.1) is 49.2 Å². The molecule has 2 amide bonds. The van der Waals surface area contributed by atoms with E-state index in [2.05, 4.69) is 0 Å². The van der Waals surface area contributed by atoms with Crippen LogP contribution < -0.4 is 0 Å². The maximum Gasteiger partial charge on any atom is 0.340 e. The molecule has 0 bridgehead atoms. The van der Waals surface area contributed by atoms with Crippen molar-refractivity contribution < 1.29 is 28.8 Å². The number of hydrogen-bond donors (Lipinski definition) is 0. The molecule has 11 heteroatoms. The molecule has 6 saturated carbocycles. The zero-order chi connectivity index (χ0) is 21.2. The number of carbonyl (C=O) groups is 4. The first-order valence-corrected chi connectivity index (χ1v) is 10.8. The second-order valence-corrected chi connectivity index (χ2v) is 10.3. The summed E-state index contributed by atoms with van der Waals surface area (Å²) in [5.74, 6) is -2.08. The van der Waals surface area contributed by atoms with E-state index in [9.17, 15) is 19.2 Å². The van der Waals surface area contributed by atoms with E-state index >= 15 is 0 Å². The number of fused-ring (bicyclic) bond motifs is 1. The Kier molecular flexibility index (Phi) is 2.88. The van der Waals surface area contributed by atoms with Gasteiger partial charge in [-0.1, -0.05) is 51.5 Å². The van der Waals surface area contributed by atoms with Crippen LogP contribution in [0.15, 0.2) is 0 Å². The van der Waals surface area contributed by atoms with Gasteiger partial charge in [0, 0.05) is 0 Å². The van der Waals surface area contributed by atoms with Crippen LogP contribution in [0.25, 0.3) is 0 Å². The fourth-order valence-electron chi connectivity index (χ4n) is 8.09. The molecule has 0 saturated heterocycles. The van der Waals surface area contributed by atoms with E-state index in [0.717, 1.165) is 0 Å². The predicted octanol–water partition coefficient (Wildman–Crippen LogP) is 3.27. The lowest BCUT2D eigenvalue weighted by atomic mass is 8.92. The first kappa shape index (κ1) is 18.1. The summed E-state index contributed by atoms with van der Waals surface area (Å²) in [5, 5.41) is -0.393. The Morgan fingerprint density at radius 1 is 0.733 bits per heavy atom. The zero-order valence-corrected chi connectivity index (χ0v) is 17.9. The van der Waals surface area contributed by atoms with Crippen LogP contribution in [0.2, 0.25) is 20.1 Å². The molecule has 7 aliphatic rings. The van der Waals surface area contributed by atoms with Gasteiger partial charge in [-0.05, 0) is 35.5 Å². The number of methoxy groups -OCH3 is 1. The first-order chi connectivity index (χ1) is 14.2. The van der Waals surface area contributed by atoms with Gasteiger partial charge in [0.1, 0.15) is 0 Å². The smallest absolute Gasteiger partial charge is 0.340 e. The summed E-state index contributed by atoms with van der Waals surface area (Å²) < 4.78 is 4.97. The molecule has 1 heterocycles. The molecular weight excluding hydrogens is 480 g/mol. The molecule has 1 aromatic carbocycles. The lowest BCUT2D eigenvalue weighted by Crippen LogP contribution is -3.12. The number of nitrogens with zero attached hydrogens (tertiary/aromatic N) is 1. The van der Waals surface area contributed by atoms with Crippen molar-refractivity contribution >= 4 is 70.2 Å². The number of carbonyl (C=O) groups excluding carboxylic acids is 4. The number of esters is 1. The van der Waals surface area contributed by atoms with Gasteiger partial charge in [0.15, 0.2) is 0 Å². The van der Waals surface area contributed by atoms with E-state index in [1.54, 1.807) is 0 Å². The normalized spacial score (nSPS) is 44.1. The molecule has 7 nitrogen and oxygen atoms in total. The molecule has 30 heavy (non-hydrogen) atoms. The highest BCUT2D eigenvalue weighted by atomic mass is 35.5. The first-order valence-electron chi connectivity index (χ1n) is 9.25. The van der Waals surface area contributed by atoms with Crippen molar-refractivity contribution in [2.24, 2.45) is 46.3 Å².